The summed E-state index contributed by atoms with van der Waals surface area (Å²) in [7, 11) is 0. The van der Waals surface area contributed by atoms with Gasteiger partial charge in [-0.05, 0) is 13.0 Å². The van der Waals surface area contributed by atoms with E-state index in [1.54, 1.807) is 19.3 Å². The Morgan fingerprint density at radius 1 is 1.55 bits per heavy atom. The van der Waals surface area contributed by atoms with E-state index >= 15 is 0 Å². The number of nitrogens with zero attached hydrogens (tertiary/aromatic N) is 2. The minimum absolute atomic E-state index is 0.0309. The fourth-order valence-corrected chi connectivity index (χ4v) is 2.00. The van der Waals surface area contributed by atoms with Crippen molar-refractivity contribution in [1.82, 2.24) is 15.3 Å². The smallest absolute Gasteiger partial charge is 0.283 e. The normalized spacial score (nSPS) is 11.9. The maximum atomic E-state index is 12.2. The number of aromatic nitrogens is 2. The van der Waals surface area contributed by atoms with E-state index in [1.807, 2.05) is 0 Å². The molecule has 1 atom stereocenters. The van der Waals surface area contributed by atoms with E-state index in [9.17, 15) is 14.9 Å². The molecule has 1 heterocycles. The molecule has 1 aromatic carbocycles. The summed E-state index contributed by atoms with van der Waals surface area (Å²) in [6.07, 6.45) is 3.17. The van der Waals surface area contributed by atoms with Gasteiger partial charge in [-0.3, -0.25) is 14.9 Å². The van der Waals surface area contributed by atoms with Crippen LogP contribution in [0.15, 0.2) is 30.6 Å². The standard InChI is InChI=1S/C12H11ClN4O3/c1-7(11-14-5-6-15-11)16-12(18)10-8(13)3-2-4-9(10)17(19)20/h2-7H,1H3,(H,14,15)(H,16,18). The lowest BCUT2D eigenvalue weighted by Gasteiger charge is -2.12. The summed E-state index contributed by atoms with van der Waals surface area (Å²) in [5.41, 5.74) is -0.487. The van der Waals surface area contributed by atoms with Gasteiger partial charge in [0, 0.05) is 18.5 Å². The van der Waals surface area contributed by atoms with Crippen molar-refractivity contribution in [3.8, 4) is 0 Å². The number of carbonyl (C=O) groups is 1. The van der Waals surface area contributed by atoms with Gasteiger partial charge in [0.05, 0.1) is 16.0 Å². The second-order valence-electron chi connectivity index (χ2n) is 4.06. The number of hydrogen-bond donors (Lipinski definition) is 2. The van der Waals surface area contributed by atoms with Crippen molar-refractivity contribution >= 4 is 23.2 Å². The highest BCUT2D eigenvalue weighted by molar-refractivity contribution is 6.34. The summed E-state index contributed by atoms with van der Waals surface area (Å²) in [4.78, 5) is 29.3. The van der Waals surface area contributed by atoms with E-state index in [4.69, 9.17) is 11.6 Å². The number of imidazole rings is 1. The number of aromatic amines is 1. The topological polar surface area (TPSA) is 101 Å². The summed E-state index contributed by atoms with van der Waals surface area (Å²) >= 11 is 5.89. The molecule has 0 bridgehead atoms. The first-order valence-corrected chi connectivity index (χ1v) is 6.11. The molecular formula is C12H11ClN4O3. The minimum atomic E-state index is -0.641. The zero-order chi connectivity index (χ0) is 14.7. The Bertz CT molecular complexity index is 642. The molecule has 2 aromatic rings. The summed E-state index contributed by atoms with van der Waals surface area (Å²) in [6.45, 7) is 1.71. The SMILES string of the molecule is CC(NC(=O)c1c(Cl)cccc1[N+](=O)[O-])c1ncc[nH]1. The van der Waals surface area contributed by atoms with Crippen LogP contribution in [0.2, 0.25) is 5.02 Å². The molecule has 0 aliphatic heterocycles. The monoisotopic (exact) mass is 294 g/mol. The molecule has 0 spiro atoms. The van der Waals surface area contributed by atoms with Crippen LogP contribution in [0.3, 0.4) is 0 Å². The molecule has 1 aromatic heterocycles. The number of carbonyl (C=O) groups excluding carboxylic acids is 1. The number of hydrogen-bond acceptors (Lipinski definition) is 4. The summed E-state index contributed by atoms with van der Waals surface area (Å²) in [5.74, 6) is -0.0701. The predicted octanol–water partition coefficient (Wildman–Crippen LogP) is 2.46. The van der Waals surface area contributed by atoms with Crippen LogP contribution in [0.4, 0.5) is 5.69 Å². The molecule has 7 nitrogen and oxygen atoms in total. The van der Waals surface area contributed by atoms with Crippen LogP contribution >= 0.6 is 11.6 Å². The number of nitro groups is 1. The third-order valence-electron chi connectivity index (χ3n) is 2.69. The average molecular weight is 295 g/mol. The second-order valence-corrected chi connectivity index (χ2v) is 4.47. The van der Waals surface area contributed by atoms with Gasteiger partial charge < -0.3 is 10.3 Å². The highest BCUT2D eigenvalue weighted by Crippen LogP contribution is 2.26. The molecule has 0 saturated heterocycles. The van der Waals surface area contributed by atoms with Crippen LogP contribution in [-0.4, -0.2) is 20.8 Å². The third-order valence-corrected chi connectivity index (χ3v) is 3.01. The number of halogens is 1. The van der Waals surface area contributed by atoms with Gasteiger partial charge in [0.1, 0.15) is 11.4 Å². The van der Waals surface area contributed by atoms with Crippen molar-refractivity contribution < 1.29 is 9.72 Å². The van der Waals surface area contributed by atoms with Crippen LogP contribution in [0.5, 0.6) is 0 Å². The van der Waals surface area contributed by atoms with Crippen molar-refractivity contribution in [3.63, 3.8) is 0 Å². The first-order valence-electron chi connectivity index (χ1n) is 5.73. The summed E-state index contributed by atoms with van der Waals surface area (Å²) in [5, 5.41) is 13.6. The highest BCUT2D eigenvalue weighted by atomic mass is 35.5. The highest BCUT2D eigenvalue weighted by Gasteiger charge is 2.24. The molecule has 0 aliphatic rings. The lowest BCUT2D eigenvalue weighted by Crippen LogP contribution is -2.28. The van der Waals surface area contributed by atoms with Gasteiger partial charge in [0.2, 0.25) is 0 Å². The van der Waals surface area contributed by atoms with Crippen molar-refractivity contribution in [2.45, 2.75) is 13.0 Å². The number of nitro benzene ring substituents is 1. The van der Waals surface area contributed by atoms with Gasteiger partial charge in [-0.1, -0.05) is 17.7 Å². The van der Waals surface area contributed by atoms with Gasteiger partial charge in [-0.15, -0.1) is 0 Å². The van der Waals surface area contributed by atoms with Crippen LogP contribution < -0.4 is 5.32 Å². The molecule has 1 amide bonds. The minimum Gasteiger partial charge on any atom is -0.347 e. The average Bonchev–Trinajstić information content (AvgIpc) is 2.91. The maximum absolute atomic E-state index is 12.2. The van der Waals surface area contributed by atoms with Gasteiger partial charge >= 0.3 is 0 Å². The molecule has 2 N–H and O–H groups in total. The number of amides is 1. The number of rotatable bonds is 4. The van der Waals surface area contributed by atoms with Crippen LogP contribution in [0.1, 0.15) is 29.1 Å². The van der Waals surface area contributed by atoms with Gasteiger partial charge in [0.15, 0.2) is 0 Å². The van der Waals surface area contributed by atoms with Gasteiger partial charge in [-0.2, -0.15) is 0 Å². The van der Waals surface area contributed by atoms with Gasteiger partial charge in [0.25, 0.3) is 11.6 Å². The molecule has 8 heteroatoms. The second kappa shape index (κ2) is 5.70. The zero-order valence-corrected chi connectivity index (χ0v) is 11.2. The van der Waals surface area contributed by atoms with E-state index in [0.717, 1.165) is 0 Å². The molecule has 0 radical (unpaired) electrons. The zero-order valence-electron chi connectivity index (χ0n) is 10.5. The van der Waals surface area contributed by atoms with E-state index in [1.165, 1.54) is 18.2 Å². The van der Waals surface area contributed by atoms with E-state index in [0.29, 0.717) is 5.82 Å². The Morgan fingerprint density at radius 3 is 2.90 bits per heavy atom. The fourth-order valence-electron chi connectivity index (χ4n) is 1.74. The number of H-pyrrole nitrogens is 1. The van der Waals surface area contributed by atoms with Crippen molar-refractivity contribution in [1.29, 1.82) is 0 Å². The first kappa shape index (κ1) is 14.0. The fraction of sp³-hybridized carbons (Fsp3) is 0.167. The maximum Gasteiger partial charge on any atom is 0.283 e. The lowest BCUT2D eigenvalue weighted by molar-refractivity contribution is -0.385. The van der Waals surface area contributed by atoms with Crippen molar-refractivity contribution in [2.24, 2.45) is 0 Å². The van der Waals surface area contributed by atoms with Crippen LogP contribution in [0, 0.1) is 10.1 Å². The quantitative estimate of drug-likeness (QED) is 0.668. The van der Waals surface area contributed by atoms with Crippen molar-refractivity contribution in [2.75, 3.05) is 0 Å². The Morgan fingerprint density at radius 2 is 2.30 bits per heavy atom. The molecule has 20 heavy (non-hydrogen) atoms. The van der Waals surface area contributed by atoms with E-state index < -0.39 is 16.9 Å². The number of benzene rings is 1. The Balaban J connectivity index is 2.28. The Kier molecular flexibility index (Phi) is 3.99. The van der Waals surface area contributed by atoms with E-state index in [-0.39, 0.29) is 16.3 Å². The van der Waals surface area contributed by atoms with E-state index in [2.05, 4.69) is 15.3 Å². The van der Waals surface area contributed by atoms with Gasteiger partial charge in [-0.25, -0.2) is 4.98 Å². The molecule has 0 fully saturated rings. The first-order chi connectivity index (χ1) is 9.50. The Labute approximate surface area is 119 Å². The molecule has 0 aliphatic carbocycles. The van der Waals surface area contributed by atoms with Crippen LogP contribution in [0.25, 0.3) is 0 Å². The largest absolute Gasteiger partial charge is 0.347 e. The Hall–Kier alpha value is -2.41. The molecule has 104 valence electrons. The predicted molar refractivity (Wildman–Crippen MR) is 72.6 cm³/mol. The molecular weight excluding hydrogens is 284 g/mol. The third kappa shape index (κ3) is 2.77. The summed E-state index contributed by atoms with van der Waals surface area (Å²) in [6, 6.07) is 3.67. The van der Waals surface area contributed by atoms with Crippen LogP contribution in [-0.2, 0) is 0 Å². The number of nitrogens with one attached hydrogen (secondary N) is 2. The summed E-state index contributed by atoms with van der Waals surface area (Å²) < 4.78 is 0. The van der Waals surface area contributed by atoms with Crippen molar-refractivity contribution in [3.05, 3.63) is 57.1 Å². The molecule has 1 unspecified atom stereocenters. The molecule has 0 saturated carbocycles. The lowest BCUT2D eigenvalue weighted by atomic mass is 10.1. The molecule has 2 rings (SSSR count).